The van der Waals surface area contributed by atoms with Crippen LogP contribution in [0.1, 0.15) is 46.5 Å². The molecule has 0 aromatic carbocycles. The number of rotatable bonds is 9. The molecule has 1 atom stereocenters. The topological polar surface area (TPSA) is 12.0 Å². The molecule has 0 heterocycles. The third-order valence-corrected chi connectivity index (χ3v) is 3.31. The van der Waals surface area contributed by atoms with Crippen molar-refractivity contribution in [3.05, 3.63) is 0 Å². The van der Waals surface area contributed by atoms with Crippen LogP contribution in [-0.2, 0) is 0 Å². The number of unbranched alkanes of at least 4 members (excludes halogenated alkanes) is 2. The normalized spacial score (nSPS) is 13.2. The molecule has 0 aliphatic rings. The molecule has 0 aliphatic heterocycles. The number of hydrogen-bond acceptors (Lipinski definition) is 2. The van der Waals surface area contributed by atoms with Crippen molar-refractivity contribution in [1.82, 2.24) is 5.32 Å². The SMILES string of the molecule is CCCCCSCCNC(C)CC. The van der Waals surface area contributed by atoms with Crippen molar-refractivity contribution in [3.63, 3.8) is 0 Å². The Kier molecular flexibility index (Phi) is 10.6. The summed E-state index contributed by atoms with van der Waals surface area (Å²) in [5.74, 6) is 2.62. The first kappa shape index (κ1) is 13.3. The fraction of sp³-hybridized carbons (Fsp3) is 1.00. The highest BCUT2D eigenvalue weighted by Crippen LogP contribution is 2.05. The summed E-state index contributed by atoms with van der Waals surface area (Å²) in [4.78, 5) is 0. The zero-order chi connectivity index (χ0) is 9.94. The second kappa shape index (κ2) is 10.4. The largest absolute Gasteiger partial charge is 0.313 e. The molecule has 0 saturated carbocycles. The van der Waals surface area contributed by atoms with Gasteiger partial charge < -0.3 is 5.32 Å². The maximum absolute atomic E-state index is 3.50. The number of nitrogens with one attached hydrogen (secondary N) is 1. The van der Waals surface area contributed by atoms with E-state index in [0.717, 1.165) is 0 Å². The van der Waals surface area contributed by atoms with Crippen molar-refractivity contribution in [2.24, 2.45) is 0 Å². The molecule has 0 radical (unpaired) electrons. The molecular weight excluding hydrogens is 178 g/mol. The molecule has 0 spiro atoms. The standard InChI is InChI=1S/C11H25NS/c1-4-6-7-9-13-10-8-12-11(3)5-2/h11-12H,4-10H2,1-3H3. The fourth-order valence-electron chi connectivity index (χ4n) is 1.08. The first-order valence-corrected chi connectivity index (χ1v) is 6.77. The molecule has 1 nitrogen and oxygen atoms in total. The number of hydrogen-bond donors (Lipinski definition) is 1. The summed E-state index contributed by atoms with van der Waals surface area (Å²) in [5, 5.41) is 3.50. The lowest BCUT2D eigenvalue weighted by Gasteiger charge is -2.10. The Morgan fingerprint density at radius 1 is 1.15 bits per heavy atom. The van der Waals surface area contributed by atoms with Gasteiger partial charge in [-0.15, -0.1) is 0 Å². The van der Waals surface area contributed by atoms with Crippen LogP contribution >= 0.6 is 11.8 Å². The van der Waals surface area contributed by atoms with Gasteiger partial charge in [0, 0.05) is 18.3 Å². The average Bonchev–Trinajstić information content (AvgIpc) is 2.16. The second-order valence-corrected chi connectivity index (χ2v) is 4.81. The first-order chi connectivity index (χ1) is 6.31. The van der Waals surface area contributed by atoms with Gasteiger partial charge in [0.15, 0.2) is 0 Å². The van der Waals surface area contributed by atoms with E-state index in [4.69, 9.17) is 0 Å². The highest BCUT2D eigenvalue weighted by atomic mass is 32.2. The van der Waals surface area contributed by atoms with Crippen LogP contribution in [0.3, 0.4) is 0 Å². The Morgan fingerprint density at radius 2 is 1.92 bits per heavy atom. The maximum Gasteiger partial charge on any atom is 0.00581 e. The monoisotopic (exact) mass is 203 g/mol. The van der Waals surface area contributed by atoms with E-state index in [1.165, 1.54) is 43.7 Å². The fourth-order valence-corrected chi connectivity index (χ4v) is 1.95. The smallest absolute Gasteiger partial charge is 0.00581 e. The van der Waals surface area contributed by atoms with E-state index in [2.05, 4.69) is 37.8 Å². The van der Waals surface area contributed by atoms with Gasteiger partial charge in [0.1, 0.15) is 0 Å². The molecule has 0 amide bonds. The van der Waals surface area contributed by atoms with E-state index < -0.39 is 0 Å². The Hall–Kier alpha value is 0.310. The highest BCUT2D eigenvalue weighted by Gasteiger charge is 1.95. The Morgan fingerprint density at radius 3 is 2.54 bits per heavy atom. The van der Waals surface area contributed by atoms with Crippen LogP contribution in [0.4, 0.5) is 0 Å². The van der Waals surface area contributed by atoms with Crippen molar-refractivity contribution in [1.29, 1.82) is 0 Å². The molecule has 80 valence electrons. The lowest BCUT2D eigenvalue weighted by Crippen LogP contribution is -2.27. The van der Waals surface area contributed by atoms with Crippen molar-refractivity contribution < 1.29 is 0 Å². The van der Waals surface area contributed by atoms with Gasteiger partial charge in [-0.3, -0.25) is 0 Å². The Labute approximate surface area is 88.1 Å². The van der Waals surface area contributed by atoms with Crippen LogP contribution in [-0.4, -0.2) is 24.1 Å². The minimum absolute atomic E-state index is 0.691. The van der Waals surface area contributed by atoms with Gasteiger partial charge in [-0.05, 0) is 25.5 Å². The van der Waals surface area contributed by atoms with Gasteiger partial charge in [0.2, 0.25) is 0 Å². The number of thioether (sulfide) groups is 1. The van der Waals surface area contributed by atoms with E-state index in [0.29, 0.717) is 6.04 Å². The molecule has 0 saturated heterocycles. The van der Waals surface area contributed by atoms with E-state index >= 15 is 0 Å². The molecule has 0 aliphatic carbocycles. The van der Waals surface area contributed by atoms with Crippen molar-refractivity contribution in [3.8, 4) is 0 Å². The van der Waals surface area contributed by atoms with Crippen LogP contribution < -0.4 is 5.32 Å². The summed E-state index contributed by atoms with van der Waals surface area (Å²) in [7, 11) is 0. The predicted molar refractivity (Wildman–Crippen MR) is 64.6 cm³/mol. The van der Waals surface area contributed by atoms with Crippen LogP contribution in [0, 0.1) is 0 Å². The molecule has 0 fully saturated rings. The van der Waals surface area contributed by atoms with Gasteiger partial charge in [0.05, 0.1) is 0 Å². The quantitative estimate of drug-likeness (QED) is 0.577. The third-order valence-electron chi connectivity index (χ3n) is 2.24. The summed E-state index contributed by atoms with van der Waals surface area (Å²) >= 11 is 2.08. The van der Waals surface area contributed by atoms with E-state index in [9.17, 15) is 0 Å². The van der Waals surface area contributed by atoms with Gasteiger partial charge in [-0.2, -0.15) is 11.8 Å². The van der Waals surface area contributed by atoms with Gasteiger partial charge in [0.25, 0.3) is 0 Å². The lowest BCUT2D eigenvalue weighted by molar-refractivity contribution is 0.555. The highest BCUT2D eigenvalue weighted by molar-refractivity contribution is 7.99. The molecule has 13 heavy (non-hydrogen) atoms. The molecule has 2 heteroatoms. The van der Waals surface area contributed by atoms with Crippen LogP contribution in [0.25, 0.3) is 0 Å². The summed E-state index contributed by atoms with van der Waals surface area (Å²) in [6, 6.07) is 0.691. The lowest BCUT2D eigenvalue weighted by atomic mass is 10.3. The zero-order valence-corrected chi connectivity index (χ0v) is 10.3. The van der Waals surface area contributed by atoms with Crippen LogP contribution in [0.15, 0.2) is 0 Å². The maximum atomic E-state index is 3.50. The van der Waals surface area contributed by atoms with Crippen LogP contribution in [0.5, 0.6) is 0 Å². The van der Waals surface area contributed by atoms with Gasteiger partial charge >= 0.3 is 0 Å². The zero-order valence-electron chi connectivity index (χ0n) is 9.44. The predicted octanol–water partition coefficient (Wildman–Crippen LogP) is 3.30. The molecule has 1 unspecified atom stereocenters. The Balaban J connectivity index is 2.91. The minimum atomic E-state index is 0.691. The third kappa shape index (κ3) is 10.2. The summed E-state index contributed by atoms with van der Waals surface area (Å²) in [6.45, 7) is 7.91. The van der Waals surface area contributed by atoms with E-state index in [1.54, 1.807) is 0 Å². The minimum Gasteiger partial charge on any atom is -0.313 e. The molecule has 0 bridgehead atoms. The molecule has 0 aromatic heterocycles. The van der Waals surface area contributed by atoms with Crippen molar-refractivity contribution in [2.75, 3.05) is 18.1 Å². The molecular formula is C11H25NS. The van der Waals surface area contributed by atoms with Crippen molar-refractivity contribution in [2.45, 2.75) is 52.5 Å². The van der Waals surface area contributed by atoms with Crippen molar-refractivity contribution >= 4 is 11.8 Å². The first-order valence-electron chi connectivity index (χ1n) is 5.62. The molecule has 0 aromatic rings. The average molecular weight is 203 g/mol. The summed E-state index contributed by atoms with van der Waals surface area (Å²) in [5.41, 5.74) is 0. The summed E-state index contributed by atoms with van der Waals surface area (Å²) in [6.07, 6.45) is 5.36. The van der Waals surface area contributed by atoms with E-state index in [-0.39, 0.29) is 0 Å². The van der Waals surface area contributed by atoms with Gasteiger partial charge in [-0.25, -0.2) is 0 Å². The van der Waals surface area contributed by atoms with E-state index in [1.807, 2.05) is 0 Å². The molecule has 0 rings (SSSR count). The molecule has 1 N–H and O–H groups in total. The second-order valence-electron chi connectivity index (χ2n) is 3.58. The van der Waals surface area contributed by atoms with Crippen LogP contribution in [0.2, 0.25) is 0 Å². The summed E-state index contributed by atoms with van der Waals surface area (Å²) < 4.78 is 0. The Bertz CT molecular complexity index is 96.1. The van der Waals surface area contributed by atoms with Gasteiger partial charge in [-0.1, -0.05) is 26.7 Å².